The second-order valence-corrected chi connectivity index (χ2v) is 7.79. The number of nitrogens with zero attached hydrogens (tertiary/aromatic N) is 2. The van der Waals surface area contributed by atoms with E-state index in [1.54, 1.807) is 18.4 Å². The molecular weight excluding hydrogens is 358 g/mol. The van der Waals surface area contributed by atoms with Gasteiger partial charge >= 0.3 is 0 Å². The van der Waals surface area contributed by atoms with Crippen LogP contribution in [0, 0.1) is 5.92 Å². The van der Waals surface area contributed by atoms with Crippen LogP contribution >= 0.6 is 11.3 Å². The average Bonchev–Trinajstić information content (AvgIpc) is 3.16. The molecule has 1 aromatic heterocycles. The van der Waals surface area contributed by atoms with Crippen LogP contribution in [0.2, 0.25) is 0 Å². The van der Waals surface area contributed by atoms with Crippen molar-refractivity contribution in [3.8, 4) is 5.75 Å². The van der Waals surface area contributed by atoms with Gasteiger partial charge in [-0.2, -0.15) is 0 Å². The highest BCUT2D eigenvalue weighted by Gasteiger charge is 2.27. The van der Waals surface area contributed by atoms with Gasteiger partial charge in [0.1, 0.15) is 5.75 Å². The molecule has 0 radical (unpaired) electrons. The van der Waals surface area contributed by atoms with Crippen LogP contribution in [0.1, 0.15) is 18.4 Å². The Morgan fingerprint density at radius 1 is 1.26 bits per heavy atom. The Morgan fingerprint density at radius 3 is 2.93 bits per heavy atom. The van der Waals surface area contributed by atoms with E-state index in [9.17, 15) is 4.79 Å². The lowest BCUT2D eigenvalue weighted by Gasteiger charge is -2.31. The molecule has 0 aliphatic carbocycles. The van der Waals surface area contributed by atoms with Crippen molar-refractivity contribution in [1.29, 1.82) is 0 Å². The normalized spacial score (nSPS) is 17.1. The summed E-state index contributed by atoms with van der Waals surface area (Å²) in [5.74, 6) is 0.893. The average molecular weight is 382 g/mol. The molecule has 2 heterocycles. The van der Waals surface area contributed by atoms with Gasteiger partial charge in [-0.05, 0) is 31.0 Å². The number of amides is 1. The number of rotatable bonds is 5. The number of anilines is 1. The summed E-state index contributed by atoms with van der Waals surface area (Å²) in [4.78, 5) is 19.7. The Labute approximate surface area is 163 Å². The number of piperidine rings is 1. The van der Waals surface area contributed by atoms with Gasteiger partial charge in [-0.15, -0.1) is 0 Å². The number of nitrogens with one attached hydrogen (secondary N) is 1. The summed E-state index contributed by atoms with van der Waals surface area (Å²) in [6.45, 7) is 2.16. The van der Waals surface area contributed by atoms with Crippen molar-refractivity contribution in [2.45, 2.75) is 19.4 Å². The first-order valence-corrected chi connectivity index (χ1v) is 10.1. The lowest BCUT2D eigenvalue weighted by atomic mass is 9.97. The molecule has 140 valence electrons. The lowest BCUT2D eigenvalue weighted by molar-refractivity contribution is -0.125. The Hall–Kier alpha value is -2.60. The fraction of sp³-hybridized carbons (Fsp3) is 0.333. The van der Waals surface area contributed by atoms with Crippen molar-refractivity contribution in [1.82, 2.24) is 10.3 Å². The van der Waals surface area contributed by atoms with E-state index in [0.29, 0.717) is 6.54 Å². The van der Waals surface area contributed by atoms with Crippen LogP contribution in [0.25, 0.3) is 10.2 Å². The van der Waals surface area contributed by atoms with Crippen molar-refractivity contribution in [2.75, 3.05) is 25.1 Å². The molecule has 1 amide bonds. The summed E-state index contributed by atoms with van der Waals surface area (Å²) in [5.41, 5.74) is 2.02. The number of para-hydroxylation sites is 2. The molecule has 2 aromatic carbocycles. The highest BCUT2D eigenvalue weighted by molar-refractivity contribution is 7.22. The molecule has 3 aromatic rings. The van der Waals surface area contributed by atoms with E-state index in [4.69, 9.17) is 9.72 Å². The van der Waals surface area contributed by atoms with Gasteiger partial charge in [-0.25, -0.2) is 4.98 Å². The Kier molecular flexibility index (Phi) is 5.25. The van der Waals surface area contributed by atoms with Crippen LogP contribution in [0.5, 0.6) is 5.75 Å². The van der Waals surface area contributed by atoms with E-state index in [-0.39, 0.29) is 11.8 Å². The zero-order valence-corrected chi connectivity index (χ0v) is 16.2. The summed E-state index contributed by atoms with van der Waals surface area (Å²) < 4.78 is 6.55. The predicted molar refractivity (Wildman–Crippen MR) is 109 cm³/mol. The van der Waals surface area contributed by atoms with Crippen LogP contribution in [0.4, 0.5) is 5.13 Å². The molecule has 0 bridgehead atoms. The number of carbonyl (C=O) groups is 1. The minimum atomic E-state index is -0.0135. The van der Waals surface area contributed by atoms with Gasteiger partial charge in [-0.1, -0.05) is 41.7 Å². The maximum atomic E-state index is 12.7. The van der Waals surface area contributed by atoms with E-state index in [0.717, 1.165) is 47.9 Å². The summed E-state index contributed by atoms with van der Waals surface area (Å²) >= 11 is 1.70. The number of fused-ring (bicyclic) bond motifs is 1. The van der Waals surface area contributed by atoms with Crippen molar-refractivity contribution < 1.29 is 9.53 Å². The van der Waals surface area contributed by atoms with Gasteiger partial charge in [0.25, 0.3) is 0 Å². The summed E-state index contributed by atoms with van der Waals surface area (Å²) in [6, 6.07) is 16.0. The predicted octanol–water partition coefficient (Wildman–Crippen LogP) is 3.84. The van der Waals surface area contributed by atoms with Gasteiger partial charge in [-0.3, -0.25) is 4.79 Å². The third-order valence-electron chi connectivity index (χ3n) is 4.99. The van der Waals surface area contributed by atoms with Crippen molar-refractivity contribution in [3.05, 3.63) is 54.1 Å². The van der Waals surface area contributed by atoms with Gasteiger partial charge < -0.3 is 15.0 Å². The zero-order valence-electron chi connectivity index (χ0n) is 15.4. The van der Waals surface area contributed by atoms with E-state index >= 15 is 0 Å². The molecule has 1 aliphatic rings. The second-order valence-electron chi connectivity index (χ2n) is 6.78. The fourth-order valence-corrected chi connectivity index (χ4v) is 4.54. The van der Waals surface area contributed by atoms with E-state index in [1.165, 1.54) is 4.70 Å². The number of benzene rings is 2. The molecule has 1 atom stereocenters. The molecule has 0 unspecified atom stereocenters. The largest absolute Gasteiger partial charge is 0.496 e. The lowest BCUT2D eigenvalue weighted by Crippen LogP contribution is -2.43. The maximum absolute atomic E-state index is 12.7. The first kappa shape index (κ1) is 17.8. The van der Waals surface area contributed by atoms with Crippen molar-refractivity contribution in [3.63, 3.8) is 0 Å². The molecule has 1 N–H and O–H groups in total. The SMILES string of the molecule is COc1ccccc1CNC(=O)[C@H]1CCCN(c2nc3ccccc3s2)C1. The van der Waals surface area contributed by atoms with Crippen molar-refractivity contribution >= 4 is 32.6 Å². The number of ether oxygens (including phenoxy) is 1. The molecule has 0 spiro atoms. The topological polar surface area (TPSA) is 54.5 Å². The van der Waals surface area contributed by atoms with Crippen LogP contribution in [-0.2, 0) is 11.3 Å². The molecule has 0 saturated carbocycles. The zero-order chi connectivity index (χ0) is 18.6. The van der Waals surface area contributed by atoms with Gasteiger partial charge in [0.05, 0.1) is 23.2 Å². The molecule has 1 aliphatic heterocycles. The van der Waals surface area contributed by atoms with Gasteiger partial charge in [0.2, 0.25) is 5.91 Å². The monoisotopic (exact) mass is 381 g/mol. The fourth-order valence-electron chi connectivity index (χ4n) is 3.54. The minimum absolute atomic E-state index is 0.0135. The first-order chi connectivity index (χ1) is 13.2. The summed E-state index contributed by atoms with van der Waals surface area (Å²) in [6.07, 6.45) is 1.92. The third kappa shape index (κ3) is 3.90. The Bertz CT molecular complexity index is 907. The van der Waals surface area contributed by atoms with Crippen LogP contribution in [0.3, 0.4) is 0 Å². The molecule has 4 rings (SSSR count). The summed E-state index contributed by atoms with van der Waals surface area (Å²) in [7, 11) is 1.65. The standard InChI is InChI=1S/C21H23N3O2S/c1-26-18-10-4-2-7-15(18)13-22-20(25)16-8-6-12-24(14-16)21-23-17-9-3-5-11-19(17)27-21/h2-5,7,9-11,16H,6,8,12-14H2,1H3,(H,22,25)/t16-/m0/s1. The van der Waals surface area contributed by atoms with Crippen molar-refractivity contribution in [2.24, 2.45) is 5.92 Å². The summed E-state index contributed by atoms with van der Waals surface area (Å²) in [5, 5.41) is 4.09. The smallest absolute Gasteiger partial charge is 0.225 e. The molecule has 1 fully saturated rings. The number of thiazole rings is 1. The molecule has 27 heavy (non-hydrogen) atoms. The molecular formula is C21H23N3O2S. The first-order valence-electron chi connectivity index (χ1n) is 9.24. The number of methoxy groups -OCH3 is 1. The number of aromatic nitrogens is 1. The Balaban J connectivity index is 1.40. The minimum Gasteiger partial charge on any atom is -0.496 e. The second kappa shape index (κ2) is 7.96. The van der Waals surface area contributed by atoms with Gasteiger partial charge in [0.15, 0.2) is 5.13 Å². The number of carbonyl (C=O) groups excluding carboxylic acids is 1. The van der Waals surface area contributed by atoms with E-state index in [1.807, 2.05) is 42.5 Å². The highest BCUT2D eigenvalue weighted by Crippen LogP contribution is 2.31. The van der Waals surface area contributed by atoms with Crippen LogP contribution < -0.4 is 15.0 Å². The van der Waals surface area contributed by atoms with Crippen LogP contribution in [0.15, 0.2) is 48.5 Å². The quantitative estimate of drug-likeness (QED) is 0.730. The van der Waals surface area contributed by atoms with Gasteiger partial charge in [0, 0.05) is 25.2 Å². The number of hydrogen-bond acceptors (Lipinski definition) is 5. The molecule has 5 nitrogen and oxygen atoms in total. The van der Waals surface area contributed by atoms with E-state index < -0.39 is 0 Å². The Morgan fingerprint density at radius 2 is 2.07 bits per heavy atom. The molecule has 1 saturated heterocycles. The number of hydrogen-bond donors (Lipinski definition) is 1. The van der Waals surface area contributed by atoms with Crippen LogP contribution in [-0.4, -0.2) is 31.1 Å². The molecule has 6 heteroatoms. The maximum Gasteiger partial charge on any atom is 0.225 e. The van der Waals surface area contributed by atoms with E-state index in [2.05, 4.69) is 16.3 Å². The highest BCUT2D eigenvalue weighted by atomic mass is 32.1. The third-order valence-corrected chi connectivity index (χ3v) is 6.09.